The number of aliphatic hydroxyl groups excluding tert-OH is 4. The highest BCUT2D eigenvalue weighted by atomic mass is 16.7. The number of unbranched alkanes of at least 4 members (excludes halogenated alkanes) is 2. The fraction of sp³-hybridized carbons (Fsp3) is 0.950. The maximum absolute atomic E-state index is 12.5. The third-order valence-corrected chi connectivity index (χ3v) is 5.88. The molecule has 0 aromatic heterocycles. The molecule has 2 aliphatic rings. The minimum atomic E-state index is -1.31. The lowest BCUT2D eigenvalue weighted by Gasteiger charge is -2.47. The monoisotopic (exact) mass is 466 g/mol. The third-order valence-electron chi connectivity index (χ3n) is 5.88. The summed E-state index contributed by atoms with van der Waals surface area (Å²) in [5.74, 6) is -0.313. The number of hydrogen-bond donors (Lipinski definition) is 6. The van der Waals surface area contributed by atoms with Crippen LogP contribution in [0.15, 0.2) is 0 Å². The molecule has 0 saturated carbocycles. The molecule has 0 aromatic rings. The molecule has 0 aliphatic carbocycles. The summed E-state index contributed by atoms with van der Waals surface area (Å²) >= 11 is 0. The minimum Gasteiger partial charge on any atom is -0.394 e. The van der Waals surface area contributed by atoms with Gasteiger partial charge in [0, 0.05) is 20.6 Å². The van der Waals surface area contributed by atoms with Crippen LogP contribution in [0.25, 0.3) is 0 Å². The number of carbonyl (C=O) groups excluding carboxylic acids is 1. The van der Waals surface area contributed by atoms with Crippen LogP contribution in [0.4, 0.5) is 0 Å². The van der Waals surface area contributed by atoms with E-state index in [1.54, 1.807) is 0 Å². The first-order chi connectivity index (χ1) is 15.3. The Morgan fingerprint density at radius 3 is 2.16 bits per heavy atom. The average molecular weight is 467 g/mol. The molecule has 188 valence electrons. The van der Waals surface area contributed by atoms with Gasteiger partial charge in [-0.05, 0) is 6.42 Å². The summed E-state index contributed by atoms with van der Waals surface area (Å²) in [4.78, 5) is 12.5. The van der Waals surface area contributed by atoms with Crippen molar-refractivity contribution in [1.29, 1.82) is 0 Å². The second kappa shape index (κ2) is 13.1. The van der Waals surface area contributed by atoms with Crippen molar-refractivity contribution in [1.82, 2.24) is 5.32 Å². The van der Waals surface area contributed by atoms with Crippen LogP contribution in [0.5, 0.6) is 0 Å². The van der Waals surface area contributed by atoms with Gasteiger partial charge in [0.05, 0.1) is 19.3 Å². The Morgan fingerprint density at radius 2 is 1.59 bits per heavy atom. The number of aliphatic hydroxyl groups is 4. The van der Waals surface area contributed by atoms with Crippen molar-refractivity contribution in [3.05, 3.63) is 0 Å². The maximum Gasteiger partial charge on any atom is 0.220 e. The molecule has 2 aliphatic heterocycles. The lowest BCUT2D eigenvalue weighted by atomic mass is 9.94. The van der Waals surface area contributed by atoms with Crippen molar-refractivity contribution in [2.24, 2.45) is 5.73 Å². The number of hydrogen-bond acceptors (Lipinski definition) is 11. The van der Waals surface area contributed by atoms with Crippen LogP contribution in [0.2, 0.25) is 0 Å². The second-order valence-electron chi connectivity index (χ2n) is 8.10. The molecule has 2 saturated heterocycles. The van der Waals surface area contributed by atoms with Gasteiger partial charge in [-0.1, -0.05) is 19.8 Å². The van der Waals surface area contributed by atoms with E-state index in [2.05, 4.69) is 5.32 Å². The fourth-order valence-corrected chi connectivity index (χ4v) is 4.04. The summed E-state index contributed by atoms with van der Waals surface area (Å²) in [6.07, 6.45) is -6.12. The van der Waals surface area contributed by atoms with Crippen molar-refractivity contribution in [3.63, 3.8) is 0 Å². The Hall–Kier alpha value is -0.930. The maximum atomic E-state index is 12.5. The van der Waals surface area contributed by atoms with Gasteiger partial charge in [-0.25, -0.2) is 0 Å². The highest BCUT2D eigenvalue weighted by Gasteiger charge is 2.51. The van der Waals surface area contributed by atoms with E-state index < -0.39 is 74.5 Å². The zero-order chi connectivity index (χ0) is 23.8. The van der Waals surface area contributed by atoms with Crippen LogP contribution in [-0.2, 0) is 28.5 Å². The van der Waals surface area contributed by atoms with Crippen LogP contribution >= 0.6 is 0 Å². The predicted octanol–water partition coefficient (Wildman–Crippen LogP) is -2.42. The number of nitrogens with two attached hydrogens (primary N) is 1. The van der Waals surface area contributed by atoms with Crippen molar-refractivity contribution < 1.29 is 48.9 Å². The van der Waals surface area contributed by atoms with E-state index in [1.165, 1.54) is 14.2 Å². The topological polar surface area (TPSA) is 182 Å². The van der Waals surface area contributed by atoms with Crippen LogP contribution in [0, 0.1) is 0 Å². The van der Waals surface area contributed by atoms with Crippen molar-refractivity contribution >= 4 is 5.91 Å². The quantitative estimate of drug-likeness (QED) is 0.178. The number of carbonyl (C=O) groups is 1. The highest BCUT2D eigenvalue weighted by Crippen LogP contribution is 2.29. The average Bonchev–Trinajstić information content (AvgIpc) is 2.79. The van der Waals surface area contributed by atoms with E-state index in [0.29, 0.717) is 6.42 Å². The van der Waals surface area contributed by atoms with Crippen molar-refractivity contribution in [3.8, 4) is 0 Å². The van der Waals surface area contributed by atoms with Crippen LogP contribution in [0.3, 0.4) is 0 Å². The Labute approximate surface area is 187 Å². The molecule has 6 unspecified atom stereocenters. The molecule has 0 bridgehead atoms. The number of nitrogens with one attached hydrogen (secondary N) is 1. The molecule has 2 heterocycles. The van der Waals surface area contributed by atoms with E-state index in [1.807, 2.05) is 6.92 Å². The Morgan fingerprint density at radius 1 is 0.969 bits per heavy atom. The largest absolute Gasteiger partial charge is 0.394 e. The summed E-state index contributed by atoms with van der Waals surface area (Å²) < 4.78 is 27.6. The highest BCUT2D eigenvalue weighted by molar-refractivity contribution is 5.76. The van der Waals surface area contributed by atoms with Crippen LogP contribution in [0.1, 0.15) is 32.6 Å². The lowest BCUT2D eigenvalue weighted by Crippen LogP contribution is -2.68. The molecule has 12 nitrogen and oxygen atoms in total. The summed E-state index contributed by atoms with van der Waals surface area (Å²) in [6.45, 7) is 1.03. The summed E-state index contributed by atoms with van der Waals surface area (Å²) in [6, 6.07) is -2.05. The molecule has 2 fully saturated rings. The molecule has 0 radical (unpaired) electrons. The number of rotatable bonds is 11. The van der Waals surface area contributed by atoms with Gasteiger partial charge in [0.25, 0.3) is 0 Å². The standard InChI is InChI=1S/C20H38N2O10/c1-4-5-6-7-12(25)22-14-16(27)17(28-2)10(8-23)31-20(14)32-18-11(9-24)30-19(29-3)13(21)15(18)26/h10-11,13-20,23-24,26-27H,4-9,21H2,1-3H3,(H,22,25)/t10?,11?,13-,14-,15?,16?,17+,18+,19?,20?/m0/s1. The third kappa shape index (κ3) is 6.35. The van der Waals surface area contributed by atoms with E-state index >= 15 is 0 Å². The molecular weight excluding hydrogens is 428 g/mol. The van der Waals surface area contributed by atoms with Crippen LogP contribution in [-0.4, -0.2) is 115 Å². The SMILES string of the molecule is CCCCCC(=O)N[C@@H]1C(O[C@@H]2C(CO)OC(OC)[C@@H](N)C2O)OC(CO)[C@@H](OC)C1O. The molecule has 0 spiro atoms. The van der Waals surface area contributed by atoms with Gasteiger partial charge in [0.2, 0.25) is 5.91 Å². The van der Waals surface area contributed by atoms with Crippen molar-refractivity contribution in [2.75, 3.05) is 27.4 Å². The normalized spacial score (nSPS) is 40.2. The zero-order valence-electron chi connectivity index (χ0n) is 18.8. The summed E-state index contributed by atoms with van der Waals surface area (Å²) in [5.41, 5.74) is 5.97. The van der Waals surface area contributed by atoms with Gasteiger partial charge in [-0.3, -0.25) is 4.79 Å². The lowest BCUT2D eigenvalue weighted by molar-refractivity contribution is -0.329. The molecule has 10 atom stereocenters. The van der Waals surface area contributed by atoms with Crippen molar-refractivity contribution in [2.45, 2.75) is 93.9 Å². The van der Waals surface area contributed by atoms with Gasteiger partial charge in [0.1, 0.15) is 42.7 Å². The molecule has 1 amide bonds. The smallest absolute Gasteiger partial charge is 0.220 e. The molecule has 2 rings (SSSR count). The van der Waals surface area contributed by atoms with Gasteiger partial charge >= 0.3 is 0 Å². The number of methoxy groups -OCH3 is 2. The van der Waals surface area contributed by atoms with Gasteiger partial charge in [-0.15, -0.1) is 0 Å². The predicted molar refractivity (Wildman–Crippen MR) is 110 cm³/mol. The van der Waals surface area contributed by atoms with Gasteiger partial charge < -0.3 is 55.2 Å². The Balaban J connectivity index is 2.22. The van der Waals surface area contributed by atoms with E-state index in [4.69, 9.17) is 29.4 Å². The molecule has 0 aromatic carbocycles. The minimum absolute atomic E-state index is 0.250. The van der Waals surface area contributed by atoms with E-state index in [-0.39, 0.29) is 12.3 Å². The van der Waals surface area contributed by atoms with Crippen LogP contribution < -0.4 is 11.1 Å². The summed E-state index contributed by atoms with van der Waals surface area (Å²) in [7, 11) is 2.71. The number of amides is 1. The van der Waals surface area contributed by atoms with E-state index in [0.717, 1.165) is 12.8 Å². The first kappa shape index (κ1) is 27.3. The fourth-order valence-electron chi connectivity index (χ4n) is 4.04. The first-order valence-corrected chi connectivity index (χ1v) is 11.0. The van der Waals surface area contributed by atoms with E-state index in [9.17, 15) is 25.2 Å². The van der Waals surface area contributed by atoms with Gasteiger partial charge in [-0.2, -0.15) is 0 Å². The van der Waals surface area contributed by atoms with Gasteiger partial charge in [0.15, 0.2) is 12.6 Å². The number of ether oxygens (including phenoxy) is 5. The summed E-state index contributed by atoms with van der Waals surface area (Å²) in [5, 5.41) is 43.7. The molecule has 7 N–H and O–H groups in total. The molecule has 12 heteroatoms. The first-order valence-electron chi connectivity index (χ1n) is 11.0. The molecular formula is C20H38N2O10. The Kier molecular flexibility index (Phi) is 11.2. The second-order valence-corrected chi connectivity index (χ2v) is 8.10. The molecule has 32 heavy (non-hydrogen) atoms. The Bertz CT molecular complexity index is 568. The zero-order valence-corrected chi connectivity index (χ0v) is 18.8.